The van der Waals surface area contributed by atoms with E-state index in [0.717, 1.165) is 50.0 Å². The zero-order valence-electron chi connectivity index (χ0n) is 14.1. The molecule has 0 bridgehead atoms. The molecule has 0 atom stereocenters. The Morgan fingerprint density at radius 1 is 1.00 bits per heavy atom. The molecule has 0 heterocycles. The van der Waals surface area contributed by atoms with E-state index in [4.69, 9.17) is 27.5 Å². The highest BCUT2D eigenvalue weighted by atomic mass is 35.5. The number of terminal acetylenes is 1. The van der Waals surface area contributed by atoms with Crippen molar-refractivity contribution < 1.29 is 14.3 Å². The molecule has 1 rings (SSSR count). The fraction of sp³-hybridized carbons (Fsp3) is 0.526. The number of carbonyl (C=O) groups excluding carboxylic acids is 1. The van der Waals surface area contributed by atoms with E-state index < -0.39 is 0 Å². The Balaban J connectivity index is 2.03. The Bertz CT molecular complexity index is 496. The summed E-state index contributed by atoms with van der Waals surface area (Å²) >= 11 is 5.40. The summed E-state index contributed by atoms with van der Waals surface area (Å²) in [5.74, 6) is 4.19. The highest BCUT2D eigenvalue weighted by molar-refractivity contribution is 6.27. The van der Waals surface area contributed by atoms with Gasteiger partial charge in [0.15, 0.2) is 0 Å². The van der Waals surface area contributed by atoms with Crippen LogP contribution in [0.1, 0.15) is 38.5 Å². The Morgan fingerprint density at radius 2 is 1.58 bits per heavy atom. The van der Waals surface area contributed by atoms with Gasteiger partial charge in [-0.25, -0.2) is 0 Å². The average molecular weight is 352 g/mol. The summed E-state index contributed by atoms with van der Waals surface area (Å²) in [4.78, 5) is 10.9. The summed E-state index contributed by atoms with van der Waals surface area (Å²) in [6.07, 6.45) is 10.9. The van der Waals surface area contributed by atoms with Gasteiger partial charge in [0.05, 0.1) is 13.2 Å². The zero-order chi connectivity index (χ0) is 17.5. The van der Waals surface area contributed by atoms with Crippen molar-refractivity contribution in [1.29, 1.82) is 0 Å². The van der Waals surface area contributed by atoms with Gasteiger partial charge in [0.2, 0.25) is 5.91 Å². The van der Waals surface area contributed by atoms with Crippen LogP contribution in [0.2, 0.25) is 0 Å². The van der Waals surface area contributed by atoms with Gasteiger partial charge in [0.25, 0.3) is 0 Å². The van der Waals surface area contributed by atoms with Crippen LogP contribution in [0.15, 0.2) is 24.3 Å². The Hall–Kier alpha value is -1.86. The molecule has 132 valence electrons. The van der Waals surface area contributed by atoms with Crippen molar-refractivity contribution in [1.82, 2.24) is 5.32 Å². The average Bonchev–Trinajstić information content (AvgIpc) is 2.62. The van der Waals surface area contributed by atoms with E-state index >= 15 is 0 Å². The molecule has 1 N–H and O–H groups in total. The van der Waals surface area contributed by atoms with E-state index in [9.17, 15) is 4.79 Å². The number of hydrogen-bond donors (Lipinski definition) is 1. The smallest absolute Gasteiger partial charge is 0.234 e. The number of halogens is 1. The van der Waals surface area contributed by atoms with E-state index in [1.807, 2.05) is 24.3 Å². The lowest BCUT2D eigenvalue weighted by atomic mass is 10.2. The summed E-state index contributed by atoms with van der Waals surface area (Å²) in [6.45, 7) is 2.02. The largest absolute Gasteiger partial charge is 0.494 e. The standard InChI is InChI=1S/C19H26ClNO3/c1-2-3-7-14-23-17-9-11-18(12-10-17)24-15-8-5-4-6-13-21-19(22)16-20/h1,9-12H,3-8,13-16H2,(H,21,22). The minimum atomic E-state index is -0.108. The molecular formula is C19H26ClNO3. The SMILES string of the molecule is C#CCCCOc1ccc(OCCCCCCNC(=O)CCl)cc1. The zero-order valence-corrected chi connectivity index (χ0v) is 14.8. The molecule has 1 amide bonds. The number of nitrogens with one attached hydrogen (secondary N) is 1. The molecule has 0 saturated heterocycles. The van der Waals surface area contributed by atoms with Gasteiger partial charge in [0.1, 0.15) is 17.4 Å². The third-order valence-corrected chi connectivity index (χ3v) is 3.58. The van der Waals surface area contributed by atoms with Crippen molar-refractivity contribution in [2.75, 3.05) is 25.6 Å². The lowest BCUT2D eigenvalue weighted by Crippen LogP contribution is -2.25. The summed E-state index contributed by atoms with van der Waals surface area (Å²) in [6, 6.07) is 7.64. The van der Waals surface area contributed by atoms with Gasteiger partial charge in [-0.1, -0.05) is 12.8 Å². The summed E-state index contributed by atoms with van der Waals surface area (Å²) in [5.41, 5.74) is 0. The van der Waals surface area contributed by atoms with Crippen molar-refractivity contribution in [3.8, 4) is 23.8 Å². The predicted molar refractivity (Wildman–Crippen MR) is 97.7 cm³/mol. The second kappa shape index (κ2) is 13.6. The minimum Gasteiger partial charge on any atom is -0.494 e. The molecule has 0 aromatic heterocycles. The first-order chi connectivity index (χ1) is 11.8. The van der Waals surface area contributed by atoms with Crippen LogP contribution in [0, 0.1) is 12.3 Å². The van der Waals surface area contributed by atoms with Crippen LogP contribution < -0.4 is 14.8 Å². The maximum Gasteiger partial charge on any atom is 0.234 e. The lowest BCUT2D eigenvalue weighted by Gasteiger charge is -2.08. The molecule has 24 heavy (non-hydrogen) atoms. The van der Waals surface area contributed by atoms with Crippen molar-refractivity contribution in [2.45, 2.75) is 38.5 Å². The van der Waals surface area contributed by atoms with Gasteiger partial charge in [-0.15, -0.1) is 23.9 Å². The van der Waals surface area contributed by atoms with Gasteiger partial charge >= 0.3 is 0 Å². The van der Waals surface area contributed by atoms with E-state index in [1.165, 1.54) is 0 Å². The van der Waals surface area contributed by atoms with Gasteiger partial charge in [0, 0.05) is 13.0 Å². The molecule has 0 fully saturated rings. The van der Waals surface area contributed by atoms with Gasteiger partial charge in [-0.2, -0.15) is 0 Å². The number of carbonyl (C=O) groups is 1. The number of hydrogen-bond acceptors (Lipinski definition) is 3. The number of alkyl halides is 1. The number of ether oxygens (including phenoxy) is 2. The van der Waals surface area contributed by atoms with Crippen LogP contribution in [-0.4, -0.2) is 31.5 Å². The van der Waals surface area contributed by atoms with Crippen molar-refractivity contribution in [3.63, 3.8) is 0 Å². The maximum atomic E-state index is 10.9. The number of rotatable bonds is 13. The fourth-order valence-corrected chi connectivity index (χ4v) is 2.14. The Kier molecular flexibility index (Phi) is 11.4. The van der Waals surface area contributed by atoms with Crippen molar-refractivity contribution >= 4 is 17.5 Å². The first-order valence-electron chi connectivity index (χ1n) is 8.38. The lowest BCUT2D eigenvalue weighted by molar-refractivity contribution is -0.118. The van der Waals surface area contributed by atoms with E-state index in [1.54, 1.807) is 0 Å². The summed E-state index contributed by atoms with van der Waals surface area (Å²) in [5, 5.41) is 2.75. The van der Waals surface area contributed by atoms with Crippen LogP contribution in [0.3, 0.4) is 0 Å². The third kappa shape index (κ3) is 10.0. The van der Waals surface area contributed by atoms with Crippen molar-refractivity contribution in [3.05, 3.63) is 24.3 Å². The predicted octanol–water partition coefficient (Wildman–Crippen LogP) is 3.77. The van der Waals surface area contributed by atoms with E-state index in [-0.39, 0.29) is 11.8 Å². The molecular weight excluding hydrogens is 326 g/mol. The van der Waals surface area contributed by atoms with Crippen LogP contribution in [-0.2, 0) is 4.79 Å². The molecule has 0 saturated carbocycles. The molecule has 0 spiro atoms. The third-order valence-electron chi connectivity index (χ3n) is 3.34. The maximum absolute atomic E-state index is 10.9. The fourth-order valence-electron chi connectivity index (χ4n) is 2.04. The molecule has 0 radical (unpaired) electrons. The molecule has 0 aliphatic carbocycles. The topological polar surface area (TPSA) is 47.6 Å². The summed E-state index contributed by atoms with van der Waals surface area (Å²) in [7, 11) is 0. The molecule has 5 heteroatoms. The molecule has 0 aliphatic rings. The van der Waals surface area contributed by atoms with E-state index in [0.29, 0.717) is 19.8 Å². The summed E-state index contributed by atoms with van der Waals surface area (Å²) < 4.78 is 11.3. The monoisotopic (exact) mass is 351 g/mol. The first kappa shape index (κ1) is 20.2. The quantitative estimate of drug-likeness (QED) is 0.334. The highest BCUT2D eigenvalue weighted by Crippen LogP contribution is 2.18. The van der Waals surface area contributed by atoms with Gasteiger partial charge in [-0.3, -0.25) is 4.79 Å². The van der Waals surface area contributed by atoms with Gasteiger partial charge < -0.3 is 14.8 Å². The number of amides is 1. The molecule has 1 aromatic rings. The Labute approximate surface area is 149 Å². The van der Waals surface area contributed by atoms with Crippen LogP contribution in [0.4, 0.5) is 0 Å². The van der Waals surface area contributed by atoms with Crippen LogP contribution in [0.5, 0.6) is 11.5 Å². The van der Waals surface area contributed by atoms with Crippen molar-refractivity contribution in [2.24, 2.45) is 0 Å². The first-order valence-corrected chi connectivity index (χ1v) is 8.91. The van der Waals surface area contributed by atoms with Crippen LogP contribution in [0.25, 0.3) is 0 Å². The molecule has 0 unspecified atom stereocenters. The molecule has 1 aromatic carbocycles. The minimum absolute atomic E-state index is 0.0303. The highest BCUT2D eigenvalue weighted by Gasteiger charge is 1.98. The van der Waals surface area contributed by atoms with Gasteiger partial charge in [-0.05, 0) is 43.5 Å². The number of benzene rings is 1. The Morgan fingerprint density at radius 3 is 2.17 bits per heavy atom. The molecule has 4 nitrogen and oxygen atoms in total. The molecule has 0 aliphatic heterocycles. The van der Waals surface area contributed by atoms with E-state index in [2.05, 4.69) is 11.2 Å². The second-order valence-electron chi connectivity index (χ2n) is 5.37. The van der Waals surface area contributed by atoms with Crippen LogP contribution >= 0.6 is 11.6 Å². The normalized spacial score (nSPS) is 10.0. The number of unbranched alkanes of at least 4 members (excludes halogenated alkanes) is 4. The second-order valence-corrected chi connectivity index (χ2v) is 5.64.